The summed E-state index contributed by atoms with van der Waals surface area (Å²) >= 11 is 0. The smallest absolute Gasteiger partial charge is 0.391 e. The van der Waals surface area contributed by atoms with Gasteiger partial charge in [-0.2, -0.15) is 26.3 Å². The molecule has 2 atom stereocenters. The topological polar surface area (TPSA) is 46.2 Å². The van der Waals surface area contributed by atoms with Crippen LogP contribution < -0.4 is 5.73 Å². The minimum atomic E-state index is -4.84. The largest absolute Gasteiger partial charge is 0.416 e. The van der Waals surface area contributed by atoms with E-state index in [1.54, 1.807) is 0 Å². The third-order valence-electron chi connectivity index (χ3n) is 2.88. The van der Waals surface area contributed by atoms with Crippen LogP contribution in [0.15, 0.2) is 18.2 Å². The molecule has 0 aliphatic carbocycles. The molecule has 0 aliphatic heterocycles. The van der Waals surface area contributed by atoms with Crippen molar-refractivity contribution in [3.05, 3.63) is 34.9 Å². The molecule has 0 heterocycles. The Morgan fingerprint density at radius 3 is 2.05 bits per heavy atom. The fraction of sp³-hybridized carbons (Fsp3) is 0.500. The fourth-order valence-electron chi connectivity index (χ4n) is 1.73. The highest BCUT2D eigenvalue weighted by Crippen LogP contribution is 2.38. The van der Waals surface area contributed by atoms with Crippen molar-refractivity contribution in [2.24, 2.45) is 5.73 Å². The van der Waals surface area contributed by atoms with Crippen molar-refractivity contribution in [2.45, 2.75) is 37.8 Å². The second-order valence-electron chi connectivity index (χ2n) is 4.30. The molecule has 0 saturated carbocycles. The summed E-state index contributed by atoms with van der Waals surface area (Å²) < 4.78 is 76.0. The number of rotatable bonds is 3. The summed E-state index contributed by atoms with van der Waals surface area (Å²) in [5.74, 6) is 0. The minimum Gasteiger partial charge on any atom is -0.391 e. The summed E-state index contributed by atoms with van der Waals surface area (Å²) in [6, 6.07) is -0.525. The first-order valence-corrected chi connectivity index (χ1v) is 5.70. The summed E-state index contributed by atoms with van der Waals surface area (Å²) in [4.78, 5) is 0. The van der Waals surface area contributed by atoms with Gasteiger partial charge in [0.05, 0.1) is 23.3 Å². The summed E-state index contributed by atoms with van der Waals surface area (Å²) in [7, 11) is 0. The van der Waals surface area contributed by atoms with Gasteiger partial charge in [-0.1, -0.05) is 6.92 Å². The first-order valence-electron chi connectivity index (χ1n) is 5.70. The van der Waals surface area contributed by atoms with Gasteiger partial charge in [-0.05, 0) is 30.2 Å². The average Bonchev–Trinajstić information content (AvgIpc) is 2.34. The van der Waals surface area contributed by atoms with E-state index in [1.807, 2.05) is 0 Å². The van der Waals surface area contributed by atoms with Crippen LogP contribution in [0.4, 0.5) is 26.3 Å². The molecule has 1 aromatic carbocycles. The van der Waals surface area contributed by atoms with Gasteiger partial charge < -0.3 is 10.8 Å². The zero-order valence-corrected chi connectivity index (χ0v) is 10.4. The third kappa shape index (κ3) is 3.63. The highest BCUT2D eigenvalue weighted by atomic mass is 19.4. The van der Waals surface area contributed by atoms with Crippen molar-refractivity contribution < 1.29 is 31.4 Å². The first kappa shape index (κ1) is 16.8. The minimum absolute atomic E-state index is 0.0225. The lowest BCUT2D eigenvalue weighted by Crippen LogP contribution is -2.28. The van der Waals surface area contributed by atoms with Crippen LogP contribution in [0.1, 0.15) is 36.1 Å². The fourth-order valence-corrected chi connectivity index (χ4v) is 1.73. The van der Waals surface area contributed by atoms with E-state index in [1.165, 1.54) is 6.92 Å². The Morgan fingerprint density at radius 2 is 1.65 bits per heavy atom. The van der Waals surface area contributed by atoms with Gasteiger partial charge in [0.25, 0.3) is 0 Å². The summed E-state index contributed by atoms with van der Waals surface area (Å²) in [5, 5.41) is 9.49. The van der Waals surface area contributed by atoms with E-state index < -0.39 is 41.2 Å². The van der Waals surface area contributed by atoms with E-state index in [2.05, 4.69) is 0 Å². The maximum Gasteiger partial charge on any atom is 0.416 e. The molecule has 0 aliphatic rings. The summed E-state index contributed by atoms with van der Waals surface area (Å²) in [5.41, 5.74) is 2.17. The second-order valence-corrected chi connectivity index (χ2v) is 4.30. The molecule has 0 unspecified atom stereocenters. The van der Waals surface area contributed by atoms with E-state index >= 15 is 0 Å². The molecule has 0 radical (unpaired) electrons. The molecule has 0 amide bonds. The van der Waals surface area contributed by atoms with Crippen molar-refractivity contribution in [1.29, 1.82) is 0 Å². The maximum atomic E-state index is 12.8. The number of halogens is 6. The van der Waals surface area contributed by atoms with E-state index in [9.17, 15) is 31.4 Å². The predicted octanol–water partition coefficient (Wildman–Crippen LogP) is 3.49. The Bertz CT molecular complexity index is 468. The van der Waals surface area contributed by atoms with Crippen molar-refractivity contribution >= 4 is 0 Å². The van der Waals surface area contributed by atoms with Crippen molar-refractivity contribution in [2.75, 3.05) is 0 Å². The van der Waals surface area contributed by atoms with Gasteiger partial charge in [-0.25, -0.2) is 0 Å². The van der Waals surface area contributed by atoms with Gasteiger partial charge in [-0.3, -0.25) is 0 Å². The van der Waals surface area contributed by atoms with Gasteiger partial charge >= 0.3 is 12.4 Å². The lowest BCUT2D eigenvalue weighted by Gasteiger charge is -2.23. The zero-order chi connectivity index (χ0) is 15.7. The molecular weight excluding hydrogens is 288 g/mol. The van der Waals surface area contributed by atoms with Crippen molar-refractivity contribution in [1.82, 2.24) is 0 Å². The van der Waals surface area contributed by atoms with Crippen LogP contribution in [0, 0.1) is 0 Å². The Kier molecular flexibility index (Phi) is 4.70. The van der Waals surface area contributed by atoms with Gasteiger partial charge in [-0.15, -0.1) is 0 Å². The Hall–Kier alpha value is -1.28. The highest BCUT2D eigenvalue weighted by Gasteiger charge is 2.38. The van der Waals surface area contributed by atoms with E-state index in [0.29, 0.717) is 18.2 Å². The quantitative estimate of drug-likeness (QED) is 0.839. The van der Waals surface area contributed by atoms with Gasteiger partial charge in [0.1, 0.15) is 0 Å². The normalized spacial score (nSPS) is 16.1. The van der Waals surface area contributed by atoms with Crippen LogP contribution in [0.2, 0.25) is 0 Å². The van der Waals surface area contributed by atoms with Gasteiger partial charge in [0.15, 0.2) is 0 Å². The van der Waals surface area contributed by atoms with Crippen molar-refractivity contribution in [3.8, 4) is 0 Å². The Labute approximate surface area is 111 Å². The molecule has 0 aromatic heterocycles. The number of alkyl halides is 6. The summed E-state index contributed by atoms with van der Waals surface area (Å²) in [6.45, 7) is 1.46. The van der Waals surface area contributed by atoms with Gasteiger partial charge in [0.2, 0.25) is 0 Å². The molecule has 8 heteroatoms. The lowest BCUT2D eigenvalue weighted by molar-refractivity contribution is -0.142. The molecule has 0 bridgehead atoms. The number of aliphatic hydroxyl groups excluding tert-OH is 1. The van der Waals surface area contributed by atoms with E-state index in [0.717, 1.165) is 0 Å². The number of nitrogens with two attached hydrogens (primary N) is 1. The van der Waals surface area contributed by atoms with Crippen LogP contribution in [-0.2, 0) is 12.4 Å². The maximum absolute atomic E-state index is 12.8. The molecule has 114 valence electrons. The molecule has 0 spiro atoms. The predicted molar refractivity (Wildman–Crippen MR) is 59.7 cm³/mol. The number of aliphatic hydroxyl groups is 1. The molecule has 0 saturated heterocycles. The SMILES string of the molecule is CC[C@@H](O)[C@@H](N)c1cc(C(F)(F)F)ccc1C(F)(F)F. The van der Waals surface area contributed by atoms with Crippen molar-refractivity contribution in [3.63, 3.8) is 0 Å². The molecular formula is C12H13F6NO. The van der Waals surface area contributed by atoms with Crippen LogP contribution in [-0.4, -0.2) is 11.2 Å². The molecule has 1 aromatic rings. The summed E-state index contributed by atoms with van der Waals surface area (Å²) in [6.07, 6.45) is -11.0. The Balaban J connectivity index is 3.42. The number of hydrogen-bond donors (Lipinski definition) is 2. The van der Waals surface area contributed by atoms with E-state index in [4.69, 9.17) is 5.73 Å². The van der Waals surface area contributed by atoms with Crippen LogP contribution in [0.25, 0.3) is 0 Å². The second kappa shape index (κ2) is 5.61. The highest BCUT2D eigenvalue weighted by molar-refractivity contribution is 5.38. The van der Waals surface area contributed by atoms with Crippen LogP contribution in [0.5, 0.6) is 0 Å². The monoisotopic (exact) mass is 301 g/mol. The molecule has 1 rings (SSSR count). The zero-order valence-electron chi connectivity index (χ0n) is 10.4. The van der Waals surface area contributed by atoms with Crippen LogP contribution >= 0.6 is 0 Å². The molecule has 0 fully saturated rings. The van der Waals surface area contributed by atoms with E-state index in [-0.39, 0.29) is 6.42 Å². The lowest BCUT2D eigenvalue weighted by atomic mass is 9.93. The molecule has 2 nitrogen and oxygen atoms in total. The average molecular weight is 301 g/mol. The Morgan fingerprint density at radius 1 is 1.10 bits per heavy atom. The standard InChI is InChI=1S/C12H13F6NO/c1-2-9(20)10(19)7-5-6(11(13,14)15)3-4-8(7)12(16,17)18/h3-5,9-10,20H,2,19H2,1H3/t9-,10+/m1/s1. The third-order valence-corrected chi connectivity index (χ3v) is 2.88. The molecule has 3 N–H and O–H groups in total. The first-order chi connectivity index (χ1) is 8.98. The number of benzene rings is 1. The molecule has 20 heavy (non-hydrogen) atoms. The van der Waals surface area contributed by atoms with Crippen LogP contribution in [0.3, 0.4) is 0 Å². The number of hydrogen-bond acceptors (Lipinski definition) is 2. The van der Waals surface area contributed by atoms with Gasteiger partial charge in [0, 0.05) is 0 Å².